The molecule has 5 aromatic rings. The number of carbonyl (C=O) groups is 1. The number of carbonyl (C=O) groups excluding carboxylic acids is 1. The molecule has 4 aromatic carbocycles. The van der Waals surface area contributed by atoms with Crippen molar-refractivity contribution in [1.82, 2.24) is 4.57 Å². The summed E-state index contributed by atoms with van der Waals surface area (Å²) >= 11 is 7.50. The highest BCUT2D eigenvalue weighted by Gasteiger charge is 2.35. The van der Waals surface area contributed by atoms with E-state index in [9.17, 15) is 14.0 Å². The van der Waals surface area contributed by atoms with Crippen LogP contribution in [0.3, 0.4) is 0 Å². The first-order valence-electron chi connectivity index (χ1n) is 15.0. The third-order valence-corrected chi connectivity index (χ3v) is 8.82. The van der Waals surface area contributed by atoms with Crippen LogP contribution in [0.25, 0.3) is 11.8 Å². The van der Waals surface area contributed by atoms with Gasteiger partial charge in [0.2, 0.25) is 0 Å². The highest BCUT2D eigenvalue weighted by molar-refractivity contribution is 7.07. The molecule has 6 rings (SSSR count). The molecule has 1 atom stereocenters. The van der Waals surface area contributed by atoms with Gasteiger partial charge >= 0.3 is 5.97 Å². The van der Waals surface area contributed by atoms with Crippen LogP contribution in [0.5, 0.6) is 11.5 Å². The number of fused-ring (bicyclic) bond motifs is 1. The summed E-state index contributed by atoms with van der Waals surface area (Å²) in [6.45, 7) is 4.39. The molecule has 7 nitrogen and oxygen atoms in total. The van der Waals surface area contributed by atoms with Gasteiger partial charge in [-0.15, -0.1) is 0 Å². The van der Waals surface area contributed by atoms with Crippen LogP contribution in [0, 0.1) is 5.82 Å². The van der Waals surface area contributed by atoms with Crippen LogP contribution < -0.4 is 24.4 Å². The second-order valence-electron chi connectivity index (χ2n) is 10.5. The second-order valence-corrected chi connectivity index (χ2v) is 11.9. The predicted octanol–water partition coefficient (Wildman–Crippen LogP) is 6.71. The van der Waals surface area contributed by atoms with Crippen molar-refractivity contribution < 1.29 is 23.4 Å². The summed E-state index contributed by atoms with van der Waals surface area (Å²) < 4.78 is 33.3. The van der Waals surface area contributed by atoms with E-state index in [1.807, 2.05) is 67.6 Å². The fourth-order valence-electron chi connectivity index (χ4n) is 5.33. The summed E-state index contributed by atoms with van der Waals surface area (Å²) in [6.07, 6.45) is 1.75. The predicted molar refractivity (Wildman–Crippen MR) is 181 cm³/mol. The Bertz CT molecular complexity index is 2140. The Morgan fingerprint density at radius 2 is 1.68 bits per heavy atom. The van der Waals surface area contributed by atoms with Gasteiger partial charge in [-0.25, -0.2) is 14.2 Å². The topological polar surface area (TPSA) is 79.1 Å². The minimum atomic E-state index is -0.900. The summed E-state index contributed by atoms with van der Waals surface area (Å²) in [5.74, 6) is 0.0115. The number of esters is 1. The van der Waals surface area contributed by atoms with Gasteiger partial charge in [-0.2, -0.15) is 0 Å². The maximum atomic E-state index is 14.2. The highest BCUT2D eigenvalue weighted by atomic mass is 35.5. The maximum Gasteiger partial charge on any atom is 0.338 e. The molecule has 1 aromatic heterocycles. The van der Waals surface area contributed by atoms with Crippen molar-refractivity contribution in [3.05, 3.63) is 155 Å². The van der Waals surface area contributed by atoms with Crippen molar-refractivity contribution in [2.24, 2.45) is 4.99 Å². The van der Waals surface area contributed by atoms with Crippen LogP contribution in [-0.2, 0) is 16.1 Å². The summed E-state index contributed by atoms with van der Waals surface area (Å²) in [5.41, 5.74) is 3.02. The lowest BCUT2D eigenvalue weighted by molar-refractivity contribution is -0.138. The fourth-order valence-corrected chi connectivity index (χ4v) is 6.52. The molecule has 0 bridgehead atoms. The van der Waals surface area contributed by atoms with Crippen LogP contribution >= 0.6 is 22.9 Å². The van der Waals surface area contributed by atoms with Gasteiger partial charge in [0.15, 0.2) is 16.3 Å². The van der Waals surface area contributed by atoms with E-state index in [0.717, 1.165) is 5.56 Å². The molecular weight excluding hydrogens is 639 g/mol. The number of hydrogen-bond donors (Lipinski definition) is 0. The van der Waals surface area contributed by atoms with Gasteiger partial charge in [-0.1, -0.05) is 89.7 Å². The number of aromatic nitrogens is 1. The molecule has 1 aliphatic heterocycles. The Kier molecular flexibility index (Phi) is 9.65. The Morgan fingerprint density at radius 1 is 0.936 bits per heavy atom. The second kappa shape index (κ2) is 14.2. The van der Waals surface area contributed by atoms with Crippen LogP contribution in [0.15, 0.2) is 112 Å². The van der Waals surface area contributed by atoms with E-state index >= 15 is 0 Å². The normalized spacial score (nSPS) is 14.4. The summed E-state index contributed by atoms with van der Waals surface area (Å²) in [7, 11) is 0. The third kappa shape index (κ3) is 6.77. The Labute approximate surface area is 279 Å². The minimum absolute atomic E-state index is 0.130. The first-order chi connectivity index (χ1) is 22.9. The van der Waals surface area contributed by atoms with Gasteiger partial charge in [-0.3, -0.25) is 9.36 Å². The van der Waals surface area contributed by atoms with Crippen molar-refractivity contribution >= 4 is 40.7 Å². The largest absolute Gasteiger partial charge is 0.490 e. The third-order valence-electron chi connectivity index (χ3n) is 7.47. The molecule has 0 N–H and O–H groups in total. The molecule has 2 heterocycles. The van der Waals surface area contributed by atoms with Crippen LogP contribution in [0.4, 0.5) is 4.39 Å². The van der Waals surface area contributed by atoms with E-state index in [1.54, 1.807) is 37.3 Å². The number of nitrogens with zero attached hydrogens (tertiary/aromatic N) is 2. The number of hydrogen-bond acceptors (Lipinski definition) is 7. The van der Waals surface area contributed by atoms with E-state index in [0.29, 0.717) is 54.8 Å². The van der Waals surface area contributed by atoms with E-state index in [-0.39, 0.29) is 24.3 Å². The molecule has 10 heteroatoms. The summed E-state index contributed by atoms with van der Waals surface area (Å²) in [4.78, 5) is 33.0. The molecular formula is C37H30ClFN2O5S. The molecule has 0 unspecified atom stereocenters. The van der Waals surface area contributed by atoms with Crippen molar-refractivity contribution in [2.75, 3.05) is 13.2 Å². The Morgan fingerprint density at radius 3 is 2.40 bits per heavy atom. The zero-order valence-electron chi connectivity index (χ0n) is 25.6. The van der Waals surface area contributed by atoms with Gasteiger partial charge in [0.25, 0.3) is 5.56 Å². The van der Waals surface area contributed by atoms with Crippen LogP contribution in [-0.4, -0.2) is 23.8 Å². The van der Waals surface area contributed by atoms with E-state index in [1.165, 1.54) is 28.0 Å². The number of halogens is 2. The number of rotatable bonds is 10. The SMILES string of the molecule is CCOC(=O)C1=C(c2ccccc2)N=c2s/c(=C\c3ccc(OCc4ccccc4Cl)c(OCC)c3)c(=O)n2[C@H]1c1ccc(F)cc1. The van der Waals surface area contributed by atoms with Gasteiger partial charge in [-0.05, 0) is 61.4 Å². The number of ether oxygens (including phenoxy) is 3. The Balaban J connectivity index is 1.48. The van der Waals surface area contributed by atoms with Crippen molar-refractivity contribution in [2.45, 2.75) is 26.5 Å². The maximum absolute atomic E-state index is 14.2. The molecule has 0 saturated carbocycles. The van der Waals surface area contributed by atoms with Gasteiger partial charge in [0.1, 0.15) is 12.4 Å². The zero-order valence-corrected chi connectivity index (χ0v) is 27.2. The van der Waals surface area contributed by atoms with Crippen molar-refractivity contribution in [1.29, 1.82) is 0 Å². The van der Waals surface area contributed by atoms with E-state index in [4.69, 9.17) is 30.8 Å². The first kappa shape index (κ1) is 32.0. The minimum Gasteiger partial charge on any atom is -0.490 e. The molecule has 238 valence electrons. The Hall–Kier alpha value is -4.99. The average Bonchev–Trinajstić information content (AvgIpc) is 3.39. The van der Waals surface area contributed by atoms with Crippen LogP contribution in [0.1, 0.15) is 42.1 Å². The van der Waals surface area contributed by atoms with E-state index < -0.39 is 17.8 Å². The summed E-state index contributed by atoms with van der Waals surface area (Å²) in [6, 6.07) is 27.0. The van der Waals surface area contributed by atoms with Gasteiger partial charge in [0.05, 0.1) is 35.1 Å². The first-order valence-corrected chi connectivity index (χ1v) is 16.2. The number of thiazole rings is 1. The molecule has 0 saturated heterocycles. The quantitative estimate of drug-likeness (QED) is 0.155. The molecule has 0 amide bonds. The molecule has 0 aliphatic carbocycles. The molecule has 0 radical (unpaired) electrons. The standard InChI is InChI=1S/C37H30ClFN2O5S/c1-3-44-30-20-23(14-19-29(30)46-22-26-12-8-9-13-28(26)38)21-31-35(42)41-34(25-15-17-27(39)18-16-25)32(36(43)45-4-2)33(40-37(41)47-31)24-10-6-5-7-11-24/h5-21,34H,3-4,22H2,1-2H3/b31-21-/t34-/m0/s1. The number of benzene rings is 4. The monoisotopic (exact) mass is 668 g/mol. The lowest BCUT2D eigenvalue weighted by atomic mass is 9.93. The molecule has 1 aliphatic rings. The van der Waals surface area contributed by atoms with Gasteiger partial charge < -0.3 is 14.2 Å². The average molecular weight is 669 g/mol. The molecule has 0 fully saturated rings. The molecule has 0 spiro atoms. The highest BCUT2D eigenvalue weighted by Crippen LogP contribution is 2.35. The van der Waals surface area contributed by atoms with Crippen molar-refractivity contribution in [3.63, 3.8) is 0 Å². The fraction of sp³-hybridized carbons (Fsp3) is 0.162. The van der Waals surface area contributed by atoms with Gasteiger partial charge in [0, 0.05) is 16.1 Å². The van der Waals surface area contributed by atoms with Crippen LogP contribution in [0.2, 0.25) is 5.02 Å². The summed E-state index contributed by atoms with van der Waals surface area (Å²) in [5, 5.41) is 0.609. The van der Waals surface area contributed by atoms with Crippen molar-refractivity contribution in [3.8, 4) is 11.5 Å². The molecule has 47 heavy (non-hydrogen) atoms. The van der Waals surface area contributed by atoms with E-state index in [2.05, 4.69) is 0 Å². The zero-order chi connectivity index (χ0) is 32.9. The lowest BCUT2D eigenvalue weighted by Crippen LogP contribution is -2.40. The smallest absolute Gasteiger partial charge is 0.338 e. The lowest BCUT2D eigenvalue weighted by Gasteiger charge is -2.25.